The number of thiazole rings is 1. The number of nitrogens with zero attached hydrogens (tertiary/aromatic N) is 2. The Bertz CT molecular complexity index is 604. The quantitative estimate of drug-likeness (QED) is 0.888. The van der Waals surface area contributed by atoms with Crippen LogP contribution in [-0.2, 0) is 6.54 Å². The highest BCUT2D eigenvalue weighted by atomic mass is 32.1. The van der Waals surface area contributed by atoms with Crippen molar-refractivity contribution in [3.63, 3.8) is 0 Å². The summed E-state index contributed by atoms with van der Waals surface area (Å²) in [5, 5.41) is 3.27. The molecule has 1 unspecified atom stereocenters. The van der Waals surface area contributed by atoms with Gasteiger partial charge in [0.05, 0.1) is 10.7 Å². The van der Waals surface area contributed by atoms with Crippen molar-refractivity contribution in [3.05, 3.63) is 51.5 Å². The number of likely N-dealkylation sites (N-methyl/N-ethyl adjacent to an activating group) is 1. The summed E-state index contributed by atoms with van der Waals surface area (Å²) in [6.45, 7) is 3.55. The second kappa shape index (κ2) is 6.26. The van der Waals surface area contributed by atoms with Gasteiger partial charge in [-0.25, -0.2) is 4.98 Å². The molecular formula is C17H23N3S. The van der Waals surface area contributed by atoms with Crippen molar-refractivity contribution in [3.8, 4) is 0 Å². The fourth-order valence-corrected chi connectivity index (χ4v) is 3.58. The van der Waals surface area contributed by atoms with Gasteiger partial charge in [-0.1, -0.05) is 24.3 Å². The maximum atomic E-state index is 6.09. The lowest BCUT2D eigenvalue weighted by molar-refractivity contribution is 0.238. The lowest BCUT2D eigenvalue weighted by atomic mass is 9.96. The van der Waals surface area contributed by atoms with Crippen LogP contribution in [0.1, 0.15) is 46.6 Å². The van der Waals surface area contributed by atoms with E-state index < -0.39 is 0 Å². The first-order valence-electron chi connectivity index (χ1n) is 7.59. The van der Waals surface area contributed by atoms with E-state index in [1.165, 1.54) is 24.0 Å². The molecule has 1 atom stereocenters. The standard InChI is InChI=1S/C17H23N3S/c1-12-19-14(11-21-12)10-20(2)17(9-18)16-6-4-3-5-15(16)13-7-8-13/h3-6,11,13,17H,7-10,18H2,1-2H3. The zero-order valence-corrected chi connectivity index (χ0v) is 13.6. The highest BCUT2D eigenvalue weighted by molar-refractivity contribution is 7.09. The molecule has 112 valence electrons. The number of aryl methyl sites for hydroxylation is 1. The Hall–Kier alpha value is -1.23. The molecule has 3 rings (SSSR count). The molecule has 1 saturated carbocycles. The predicted molar refractivity (Wildman–Crippen MR) is 88.5 cm³/mol. The fourth-order valence-electron chi connectivity index (χ4n) is 2.97. The van der Waals surface area contributed by atoms with Crippen molar-refractivity contribution in [2.24, 2.45) is 5.73 Å². The minimum atomic E-state index is 0.267. The summed E-state index contributed by atoms with van der Waals surface area (Å²) in [5.74, 6) is 0.755. The van der Waals surface area contributed by atoms with Gasteiger partial charge in [-0.3, -0.25) is 4.90 Å². The Morgan fingerprint density at radius 3 is 2.76 bits per heavy atom. The van der Waals surface area contributed by atoms with Crippen LogP contribution in [0.3, 0.4) is 0 Å². The van der Waals surface area contributed by atoms with Gasteiger partial charge in [0.15, 0.2) is 0 Å². The van der Waals surface area contributed by atoms with E-state index >= 15 is 0 Å². The molecule has 0 spiro atoms. The van der Waals surface area contributed by atoms with E-state index in [0.29, 0.717) is 6.54 Å². The smallest absolute Gasteiger partial charge is 0.0897 e. The Morgan fingerprint density at radius 1 is 1.38 bits per heavy atom. The van der Waals surface area contributed by atoms with Crippen molar-refractivity contribution >= 4 is 11.3 Å². The van der Waals surface area contributed by atoms with Gasteiger partial charge in [0.2, 0.25) is 0 Å². The molecule has 2 N–H and O–H groups in total. The summed E-state index contributed by atoms with van der Waals surface area (Å²) < 4.78 is 0. The highest BCUT2D eigenvalue weighted by Crippen LogP contribution is 2.43. The van der Waals surface area contributed by atoms with Crippen LogP contribution in [0.15, 0.2) is 29.6 Å². The van der Waals surface area contributed by atoms with Gasteiger partial charge in [-0.05, 0) is 43.9 Å². The fraction of sp³-hybridized carbons (Fsp3) is 0.471. The normalized spacial score (nSPS) is 16.4. The summed E-state index contributed by atoms with van der Waals surface area (Å²) in [6, 6.07) is 9.06. The minimum Gasteiger partial charge on any atom is -0.329 e. The number of aromatic nitrogens is 1. The first-order valence-corrected chi connectivity index (χ1v) is 8.47. The third-order valence-corrected chi connectivity index (χ3v) is 5.03. The van der Waals surface area contributed by atoms with Crippen LogP contribution in [0.25, 0.3) is 0 Å². The van der Waals surface area contributed by atoms with Crippen molar-refractivity contribution in [2.75, 3.05) is 13.6 Å². The van der Waals surface area contributed by atoms with E-state index in [9.17, 15) is 0 Å². The highest BCUT2D eigenvalue weighted by Gasteiger charge is 2.29. The van der Waals surface area contributed by atoms with E-state index in [0.717, 1.165) is 23.2 Å². The monoisotopic (exact) mass is 301 g/mol. The molecule has 0 bridgehead atoms. The summed E-state index contributed by atoms with van der Waals surface area (Å²) >= 11 is 1.71. The van der Waals surface area contributed by atoms with Crippen LogP contribution >= 0.6 is 11.3 Å². The number of nitrogens with two attached hydrogens (primary N) is 1. The van der Waals surface area contributed by atoms with Gasteiger partial charge >= 0.3 is 0 Å². The number of hydrogen-bond donors (Lipinski definition) is 1. The molecular weight excluding hydrogens is 278 g/mol. The van der Waals surface area contributed by atoms with Crippen LogP contribution in [0.5, 0.6) is 0 Å². The molecule has 0 radical (unpaired) electrons. The second-order valence-corrected chi connectivity index (χ2v) is 6.99. The zero-order chi connectivity index (χ0) is 14.8. The molecule has 1 heterocycles. The SMILES string of the molecule is Cc1nc(CN(C)C(CN)c2ccccc2C2CC2)cs1. The first-order chi connectivity index (χ1) is 10.2. The van der Waals surface area contributed by atoms with Crippen molar-refractivity contribution in [2.45, 2.75) is 38.3 Å². The van der Waals surface area contributed by atoms with E-state index in [4.69, 9.17) is 5.73 Å². The van der Waals surface area contributed by atoms with Crippen molar-refractivity contribution in [1.82, 2.24) is 9.88 Å². The largest absolute Gasteiger partial charge is 0.329 e. The summed E-state index contributed by atoms with van der Waals surface area (Å²) in [4.78, 5) is 6.90. The molecule has 0 saturated heterocycles. The molecule has 1 aliphatic rings. The molecule has 1 aliphatic carbocycles. The Morgan fingerprint density at radius 2 is 2.14 bits per heavy atom. The Balaban J connectivity index is 1.80. The average Bonchev–Trinajstić information content (AvgIpc) is 3.24. The summed E-state index contributed by atoms with van der Waals surface area (Å²) in [7, 11) is 2.15. The number of hydrogen-bond acceptors (Lipinski definition) is 4. The topological polar surface area (TPSA) is 42.2 Å². The molecule has 4 heteroatoms. The molecule has 2 aromatic rings. The molecule has 0 aliphatic heterocycles. The van der Waals surface area contributed by atoms with Gasteiger partial charge in [-0.2, -0.15) is 0 Å². The summed E-state index contributed by atoms with van der Waals surface area (Å²) in [6.07, 6.45) is 2.65. The molecule has 0 amide bonds. The second-order valence-electron chi connectivity index (χ2n) is 5.93. The lowest BCUT2D eigenvalue weighted by Crippen LogP contribution is -2.31. The van der Waals surface area contributed by atoms with Crippen LogP contribution in [-0.4, -0.2) is 23.5 Å². The predicted octanol–water partition coefficient (Wildman–Crippen LogP) is 3.46. The minimum absolute atomic E-state index is 0.267. The lowest BCUT2D eigenvalue weighted by Gasteiger charge is -2.28. The Kier molecular flexibility index (Phi) is 4.38. The van der Waals surface area contributed by atoms with Crippen LogP contribution in [0, 0.1) is 6.92 Å². The van der Waals surface area contributed by atoms with Gasteiger partial charge in [0.25, 0.3) is 0 Å². The van der Waals surface area contributed by atoms with Crippen molar-refractivity contribution in [1.29, 1.82) is 0 Å². The first kappa shape index (κ1) is 14.7. The molecule has 1 fully saturated rings. The van der Waals surface area contributed by atoms with Crippen LogP contribution < -0.4 is 5.73 Å². The van der Waals surface area contributed by atoms with Gasteiger partial charge < -0.3 is 5.73 Å². The van der Waals surface area contributed by atoms with Gasteiger partial charge in [-0.15, -0.1) is 11.3 Å². The molecule has 3 nitrogen and oxygen atoms in total. The maximum absolute atomic E-state index is 6.09. The van der Waals surface area contributed by atoms with E-state index in [1.54, 1.807) is 11.3 Å². The van der Waals surface area contributed by atoms with Crippen LogP contribution in [0.4, 0.5) is 0 Å². The molecule has 1 aromatic carbocycles. The third kappa shape index (κ3) is 3.34. The Labute approximate surface area is 130 Å². The van der Waals surface area contributed by atoms with E-state index in [1.807, 2.05) is 0 Å². The molecule has 1 aromatic heterocycles. The van der Waals surface area contributed by atoms with E-state index in [-0.39, 0.29) is 6.04 Å². The number of rotatable bonds is 6. The maximum Gasteiger partial charge on any atom is 0.0897 e. The third-order valence-electron chi connectivity index (χ3n) is 4.21. The zero-order valence-electron chi connectivity index (χ0n) is 12.7. The van der Waals surface area contributed by atoms with Crippen molar-refractivity contribution < 1.29 is 0 Å². The van der Waals surface area contributed by atoms with Gasteiger partial charge in [0, 0.05) is 24.5 Å². The van der Waals surface area contributed by atoms with Crippen LogP contribution in [0.2, 0.25) is 0 Å². The van der Waals surface area contributed by atoms with Gasteiger partial charge in [0.1, 0.15) is 0 Å². The van der Waals surface area contributed by atoms with E-state index in [2.05, 4.69) is 53.5 Å². The summed E-state index contributed by atoms with van der Waals surface area (Å²) in [5.41, 5.74) is 10.1. The average molecular weight is 301 g/mol. The number of benzene rings is 1. The molecule has 21 heavy (non-hydrogen) atoms.